The van der Waals surface area contributed by atoms with Crippen molar-refractivity contribution in [3.63, 3.8) is 0 Å². The number of amides is 1. The first-order chi connectivity index (χ1) is 16.1. The Morgan fingerprint density at radius 1 is 0.941 bits per heavy atom. The molecule has 2 N–H and O–H groups in total. The predicted octanol–water partition coefficient (Wildman–Crippen LogP) is 5.34. The molecule has 0 saturated carbocycles. The molecule has 34 heavy (non-hydrogen) atoms. The van der Waals surface area contributed by atoms with Gasteiger partial charge in [-0.1, -0.05) is 46.4 Å². The van der Waals surface area contributed by atoms with E-state index in [0.29, 0.717) is 5.56 Å². The molecule has 0 bridgehead atoms. The van der Waals surface area contributed by atoms with Crippen LogP contribution in [0.15, 0.2) is 42.6 Å². The van der Waals surface area contributed by atoms with Crippen LogP contribution in [-0.4, -0.2) is 35.0 Å². The van der Waals surface area contributed by atoms with Crippen LogP contribution < -0.4 is 10.1 Å². The zero-order valence-electron chi connectivity index (χ0n) is 17.2. The second-order valence-corrected chi connectivity index (χ2v) is 8.35. The second-order valence-electron chi connectivity index (χ2n) is 6.66. The number of phenolic OH excluding ortho intramolecular Hbond substituents is 1. The summed E-state index contributed by atoms with van der Waals surface area (Å²) in [6.45, 7) is -0.00639. The molecule has 1 aromatic heterocycles. The maximum atomic E-state index is 12.9. The fraction of sp³-hybridized carbons (Fsp3) is 0.0909. The molecule has 12 heteroatoms. The first kappa shape index (κ1) is 25.6. The zero-order chi connectivity index (χ0) is 25.0. The summed E-state index contributed by atoms with van der Waals surface area (Å²) < 4.78 is 9.93. The number of aromatic hydroxyl groups is 1. The van der Waals surface area contributed by atoms with E-state index in [0.717, 1.165) is 6.07 Å². The molecule has 1 amide bonds. The van der Waals surface area contributed by atoms with E-state index in [2.05, 4.69) is 15.0 Å². The Kier molecular flexibility index (Phi) is 8.22. The number of pyridine rings is 1. The van der Waals surface area contributed by atoms with Crippen LogP contribution in [0.3, 0.4) is 0 Å². The van der Waals surface area contributed by atoms with Gasteiger partial charge in [-0.05, 0) is 42.0 Å². The number of phenols is 1. The third kappa shape index (κ3) is 5.90. The quantitative estimate of drug-likeness (QED) is 0.318. The SMILES string of the molecule is COC(=O)c1cc(CNC(=O)c2cc(Cl)cc(Cl)c2OC(=O)c2cc(Cl)cc(Cl)c2O)ccn1. The topological polar surface area (TPSA) is 115 Å². The van der Waals surface area contributed by atoms with Crippen molar-refractivity contribution in [1.82, 2.24) is 10.3 Å². The van der Waals surface area contributed by atoms with Crippen LogP contribution in [0.5, 0.6) is 11.5 Å². The molecule has 0 aliphatic rings. The monoisotopic (exact) mass is 542 g/mol. The number of esters is 2. The van der Waals surface area contributed by atoms with Crippen molar-refractivity contribution in [3.05, 3.63) is 85.1 Å². The van der Waals surface area contributed by atoms with Crippen LogP contribution in [0.4, 0.5) is 0 Å². The Bertz CT molecular complexity index is 1300. The van der Waals surface area contributed by atoms with Gasteiger partial charge in [0.15, 0.2) is 5.75 Å². The van der Waals surface area contributed by atoms with Gasteiger partial charge in [0, 0.05) is 22.8 Å². The number of aromatic nitrogens is 1. The normalized spacial score (nSPS) is 10.5. The Balaban J connectivity index is 1.86. The van der Waals surface area contributed by atoms with Crippen LogP contribution in [-0.2, 0) is 11.3 Å². The van der Waals surface area contributed by atoms with Crippen molar-refractivity contribution in [2.45, 2.75) is 6.54 Å². The summed E-state index contributed by atoms with van der Waals surface area (Å²) in [5.41, 5.74) is 0.131. The predicted molar refractivity (Wildman–Crippen MR) is 126 cm³/mol. The number of methoxy groups -OCH3 is 1. The van der Waals surface area contributed by atoms with Gasteiger partial charge in [-0.2, -0.15) is 0 Å². The van der Waals surface area contributed by atoms with Crippen LogP contribution in [0.1, 0.15) is 36.8 Å². The number of hydrogen-bond acceptors (Lipinski definition) is 7. The van der Waals surface area contributed by atoms with Gasteiger partial charge in [0.05, 0.1) is 22.7 Å². The number of carbonyl (C=O) groups is 3. The molecule has 3 aromatic rings. The fourth-order valence-corrected chi connectivity index (χ4v) is 3.81. The third-order valence-corrected chi connectivity index (χ3v) is 5.37. The van der Waals surface area contributed by atoms with Gasteiger partial charge in [-0.3, -0.25) is 4.79 Å². The summed E-state index contributed by atoms with van der Waals surface area (Å²) in [6.07, 6.45) is 1.39. The van der Waals surface area contributed by atoms with Gasteiger partial charge in [-0.25, -0.2) is 14.6 Å². The molecule has 0 unspecified atom stereocenters. The number of nitrogens with zero attached hydrogens (tertiary/aromatic N) is 1. The third-order valence-electron chi connectivity index (χ3n) is 4.37. The van der Waals surface area contributed by atoms with Crippen molar-refractivity contribution in [1.29, 1.82) is 0 Å². The lowest BCUT2D eigenvalue weighted by atomic mass is 10.1. The highest BCUT2D eigenvalue weighted by Gasteiger charge is 2.23. The van der Waals surface area contributed by atoms with Gasteiger partial charge in [0.2, 0.25) is 0 Å². The van der Waals surface area contributed by atoms with Gasteiger partial charge >= 0.3 is 11.9 Å². The molecule has 2 aromatic carbocycles. The molecular formula is C22H14Cl4N2O6. The molecule has 176 valence electrons. The smallest absolute Gasteiger partial charge is 0.356 e. The molecule has 0 saturated heterocycles. The fourth-order valence-electron chi connectivity index (χ4n) is 2.78. The lowest BCUT2D eigenvalue weighted by Crippen LogP contribution is -2.24. The van der Waals surface area contributed by atoms with E-state index in [9.17, 15) is 19.5 Å². The van der Waals surface area contributed by atoms with E-state index < -0.39 is 23.6 Å². The summed E-state index contributed by atoms with van der Waals surface area (Å²) in [5, 5.41) is 12.6. The minimum Gasteiger partial charge on any atom is -0.505 e. The van der Waals surface area contributed by atoms with Crippen molar-refractivity contribution >= 4 is 64.2 Å². The summed E-state index contributed by atoms with van der Waals surface area (Å²) in [4.78, 5) is 41.1. The van der Waals surface area contributed by atoms with E-state index in [1.165, 1.54) is 37.6 Å². The maximum absolute atomic E-state index is 12.9. The van der Waals surface area contributed by atoms with Gasteiger partial charge in [0.1, 0.15) is 17.0 Å². The molecular weight excluding hydrogens is 530 g/mol. The number of benzene rings is 2. The summed E-state index contributed by atoms with van der Waals surface area (Å²) in [6, 6.07) is 7.96. The van der Waals surface area contributed by atoms with Gasteiger partial charge < -0.3 is 19.9 Å². The Labute approximate surface area is 213 Å². The van der Waals surface area contributed by atoms with Crippen molar-refractivity contribution in [3.8, 4) is 11.5 Å². The highest BCUT2D eigenvalue weighted by molar-refractivity contribution is 6.37. The number of nitrogens with one attached hydrogen (secondary N) is 1. The van der Waals surface area contributed by atoms with E-state index in [1.807, 2.05) is 0 Å². The lowest BCUT2D eigenvalue weighted by Gasteiger charge is -2.14. The van der Waals surface area contributed by atoms with E-state index in [-0.39, 0.29) is 49.2 Å². The molecule has 0 atom stereocenters. The van der Waals surface area contributed by atoms with Crippen molar-refractivity contribution < 1.29 is 29.0 Å². The van der Waals surface area contributed by atoms with Crippen LogP contribution in [0.2, 0.25) is 20.1 Å². The molecule has 8 nitrogen and oxygen atoms in total. The largest absolute Gasteiger partial charge is 0.505 e. The number of carbonyl (C=O) groups excluding carboxylic acids is 3. The number of rotatable bonds is 6. The Morgan fingerprint density at radius 3 is 2.26 bits per heavy atom. The first-order valence-electron chi connectivity index (χ1n) is 9.31. The average Bonchev–Trinajstić information content (AvgIpc) is 2.80. The highest BCUT2D eigenvalue weighted by Crippen LogP contribution is 2.36. The van der Waals surface area contributed by atoms with E-state index >= 15 is 0 Å². The maximum Gasteiger partial charge on any atom is 0.356 e. The summed E-state index contributed by atoms with van der Waals surface area (Å²) in [5.74, 6) is -3.22. The second kappa shape index (κ2) is 10.9. The minimum atomic E-state index is -1.06. The van der Waals surface area contributed by atoms with Crippen LogP contribution >= 0.6 is 46.4 Å². The van der Waals surface area contributed by atoms with Crippen molar-refractivity contribution in [2.75, 3.05) is 7.11 Å². The standard InChI is InChI=1S/C22H14Cl4N2O6/c1-33-22(32)17-4-10(2-3-27-17)9-28-20(30)14-6-12(24)8-16(26)19(14)34-21(31)13-5-11(23)7-15(25)18(13)29/h2-8,29H,9H2,1H3,(H,28,30). The van der Waals surface area contributed by atoms with Crippen LogP contribution in [0.25, 0.3) is 0 Å². The number of ether oxygens (including phenoxy) is 2. The molecule has 0 radical (unpaired) electrons. The highest BCUT2D eigenvalue weighted by atomic mass is 35.5. The summed E-state index contributed by atoms with van der Waals surface area (Å²) >= 11 is 24.0. The van der Waals surface area contributed by atoms with Crippen molar-refractivity contribution in [2.24, 2.45) is 0 Å². The zero-order valence-corrected chi connectivity index (χ0v) is 20.2. The van der Waals surface area contributed by atoms with E-state index in [4.69, 9.17) is 51.1 Å². The summed E-state index contributed by atoms with van der Waals surface area (Å²) in [7, 11) is 1.22. The number of halogens is 4. The molecule has 0 aliphatic carbocycles. The lowest BCUT2D eigenvalue weighted by molar-refractivity contribution is 0.0593. The average molecular weight is 544 g/mol. The molecule has 0 spiro atoms. The molecule has 0 fully saturated rings. The molecule has 0 aliphatic heterocycles. The van der Waals surface area contributed by atoms with Gasteiger partial charge in [0.25, 0.3) is 5.91 Å². The first-order valence-corrected chi connectivity index (χ1v) is 10.8. The molecule has 3 rings (SSSR count). The minimum absolute atomic E-state index is 0.00639. The number of hydrogen-bond donors (Lipinski definition) is 2. The van der Waals surface area contributed by atoms with Crippen LogP contribution in [0, 0.1) is 0 Å². The molecule has 1 heterocycles. The van der Waals surface area contributed by atoms with Gasteiger partial charge in [-0.15, -0.1) is 0 Å². The van der Waals surface area contributed by atoms with E-state index in [1.54, 1.807) is 6.07 Å². The Morgan fingerprint density at radius 2 is 1.59 bits per heavy atom. The Hall–Kier alpha value is -3.04.